The molecule has 104 valence electrons. The van der Waals surface area contributed by atoms with E-state index in [2.05, 4.69) is 24.5 Å². The summed E-state index contributed by atoms with van der Waals surface area (Å²) in [4.78, 5) is 11.0. The molecule has 1 saturated carbocycles. The van der Waals surface area contributed by atoms with E-state index in [0.29, 0.717) is 6.04 Å². The highest BCUT2D eigenvalue weighted by molar-refractivity contribution is 5.88. The molecule has 2 atom stereocenters. The van der Waals surface area contributed by atoms with E-state index in [0.717, 1.165) is 23.2 Å². The van der Waals surface area contributed by atoms with Crippen molar-refractivity contribution in [2.24, 2.45) is 11.8 Å². The van der Waals surface area contributed by atoms with Crippen LogP contribution in [0.2, 0.25) is 0 Å². The summed E-state index contributed by atoms with van der Waals surface area (Å²) in [6.45, 7) is 6.20. The van der Waals surface area contributed by atoms with Crippen molar-refractivity contribution >= 4 is 17.3 Å². The van der Waals surface area contributed by atoms with Gasteiger partial charge in [0, 0.05) is 24.3 Å². The maximum absolute atomic E-state index is 11.0. The molecule has 0 saturated heterocycles. The first-order valence-electron chi connectivity index (χ1n) is 7.17. The average molecular weight is 260 g/mol. The molecule has 0 aromatic heterocycles. The summed E-state index contributed by atoms with van der Waals surface area (Å²) in [5, 5.41) is 6.39. The van der Waals surface area contributed by atoms with Crippen LogP contribution in [0.5, 0.6) is 0 Å². The third-order valence-electron chi connectivity index (χ3n) is 3.75. The number of hydrogen-bond donors (Lipinski definition) is 2. The van der Waals surface area contributed by atoms with Crippen LogP contribution >= 0.6 is 0 Å². The van der Waals surface area contributed by atoms with Crippen LogP contribution in [0.1, 0.15) is 40.0 Å². The highest BCUT2D eigenvalue weighted by atomic mass is 16.1. The first-order valence-corrected chi connectivity index (χ1v) is 7.17. The van der Waals surface area contributed by atoms with Gasteiger partial charge in [-0.2, -0.15) is 0 Å². The number of benzene rings is 1. The van der Waals surface area contributed by atoms with Crippen LogP contribution in [0.3, 0.4) is 0 Å². The topological polar surface area (TPSA) is 41.1 Å². The molecular weight excluding hydrogens is 236 g/mol. The molecule has 0 heterocycles. The van der Waals surface area contributed by atoms with Crippen LogP contribution in [0, 0.1) is 11.8 Å². The van der Waals surface area contributed by atoms with E-state index in [1.807, 2.05) is 24.3 Å². The van der Waals surface area contributed by atoms with E-state index >= 15 is 0 Å². The Hall–Kier alpha value is -1.51. The van der Waals surface area contributed by atoms with E-state index in [1.165, 1.54) is 26.2 Å². The second-order valence-corrected chi connectivity index (χ2v) is 6.02. The normalized spacial score (nSPS) is 26.8. The van der Waals surface area contributed by atoms with Crippen LogP contribution < -0.4 is 10.6 Å². The molecule has 0 spiro atoms. The Morgan fingerprint density at radius 2 is 1.53 bits per heavy atom. The van der Waals surface area contributed by atoms with Gasteiger partial charge in [0.25, 0.3) is 0 Å². The van der Waals surface area contributed by atoms with Crippen molar-refractivity contribution in [2.75, 3.05) is 10.6 Å². The van der Waals surface area contributed by atoms with Crippen molar-refractivity contribution in [3.63, 3.8) is 0 Å². The molecule has 1 aliphatic rings. The fourth-order valence-corrected chi connectivity index (χ4v) is 3.15. The summed E-state index contributed by atoms with van der Waals surface area (Å²) in [7, 11) is 0. The van der Waals surface area contributed by atoms with Gasteiger partial charge in [0.1, 0.15) is 0 Å². The summed E-state index contributed by atoms with van der Waals surface area (Å²) in [6, 6.07) is 8.54. The quantitative estimate of drug-likeness (QED) is 0.866. The van der Waals surface area contributed by atoms with E-state index < -0.39 is 0 Å². The van der Waals surface area contributed by atoms with Gasteiger partial charge in [-0.1, -0.05) is 13.8 Å². The Morgan fingerprint density at radius 3 is 2.05 bits per heavy atom. The van der Waals surface area contributed by atoms with Gasteiger partial charge in [0.15, 0.2) is 0 Å². The minimum Gasteiger partial charge on any atom is -0.382 e. The Labute approximate surface area is 115 Å². The maximum Gasteiger partial charge on any atom is 0.221 e. The molecule has 2 unspecified atom stereocenters. The second-order valence-electron chi connectivity index (χ2n) is 6.02. The van der Waals surface area contributed by atoms with Gasteiger partial charge in [-0.25, -0.2) is 0 Å². The molecule has 0 aliphatic heterocycles. The van der Waals surface area contributed by atoms with Gasteiger partial charge in [-0.05, 0) is 55.4 Å². The van der Waals surface area contributed by atoms with E-state index in [9.17, 15) is 4.79 Å². The Morgan fingerprint density at radius 1 is 1.00 bits per heavy atom. The first kappa shape index (κ1) is 13.9. The SMILES string of the molecule is CC(=O)Nc1ccc(NC2CC(C)CC(C)C2)cc1. The van der Waals surface area contributed by atoms with Crippen molar-refractivity contribution in [2.45, 2.75) is 46.1 Å². The number of amides is 1. The first-order chi connectivity index (χ1) is 9.02. The lowest BCUT2D eigenvalue weighted by molar-refractivity contribution is -0.114. The smallest absolute Gasteiger partial charge is 0.221 e. The number of anilines is 2. The third-order valence-corrected chi connectivity index (χ3v) is 3.75. The summed E-state index contributed by atoms with van der Waals surface area (Å²) in [5.74, 6) is 1.58. The zero-order valence-electron chi connectivity index (χ0n) is 12.1. The maximum atomic E-state index is 11.0. The predicted octanol–water partition coefficient (Wildman–Crippen LogP) is 3.88. The summed E-state index contributed by atoms with van der Waals surface area (Å²) >= 11 is 0. The molecule has 2 rings (SSSR count). The van der Waals surface area contributed by atoms with Gasteiger partial charge in [-0.3, -0.25) is 4.79 Å². The average Bonchev–Trinajstić information content (AvgIpc) is 2.29. The van der Waals surface area contributed by atoms with Crippen LogP contribution in [0.25, 0.3) is 0 Å². The van der Waals surface area contributed by atoms with Crippen molar-refractivity contribution in [3.05, 3.63) is 24.3 Å². The lowest BCUT2D eigenvalue weighted by Crippen LogP contribution is -2.30. The molecule has 19 heavy (non-hydrogen) atoms. The second kappa shape index (κ2) is 6.09. The summed E-state index contributed by atoms with van der Waals surface area (Å²) in [5.41, 5.74) is 1.99. The molecular formula is C16H24N2O. The summed E-state index contributed by atoms with van der Waals surface area (Å²) in [6.07, 6.45) is 3.84. The predicted molar refractivity (Wildman–Crippen MR) is 80.3 cm³/mol. The fourth-order valence-electron chi connectivity index (χ4n) is 3.15. The Bertz CT molecular complexity index is 417. The third kappa shape index (κ3) is 4.27. The molecule has 3 heteroatoms. The molecule has 1 aliphatic carbocycles. The number of rotatable bonds is 3. The highest BCUT2D eigenvalue weighted by Crippen LogP contribution is 2.30. The standard InChI is InChI=1S/C16H24N2O/c1-11-8-12(2)10-16(9-11)18-15-6-4-14(5-7-15)17-13(3)19/h4-7,11-12,16,18H,8-10H2,1-3H3,(H,17,19). The molecule has 0 bridgehead atoms. The van der Waals surface area contributed by atoms with E-state index in [1.54, 1.807) is 0 Å². The van der Waals surface area contributed by atoms with Crippen molar-refractivity contribution < 1.29 is 4.79 Å². The van der Waals surface area contributed by atoms with E-state index in [-0.39, 0.29) is 5.91 Å². The number of carbonyl (C=O) groups is 1. The molecule has 0 radical (unpaired) electrons. The van der Waals surface area contributed by atoms with Gasteiger partial charge in [0.2, 0.25) is 5.91 Å². The zero-order chi connectivity index (χ0) is 13.8. The van der Waals surface area contributed by atoms with Crippen LogP contribution in [0.15, 0.2) is 24.3 Å². The number of hydrogen-bond acceptors (Lipinski definition) is 2. The lowest BCUT2D eigenvalue weighted by Gasteiger charge is -2.32. The highest BCUT2D eigenvalue weighted by Gasteiger charge is 2.23. The lowest BCUT2D eigenvalue weighted by atomic mass is 9.80. The van der Waals surface area contributed by atoms with Crippen LogP contribution in [-0.2, 0) is 4.79 Å². The molecule has 1 aromatic rings. The summed E-state index contributed by atoms with van der Waals surface area (Å²) < 4.78 is 0. The number of carbonyl (C=O) groups excluding carboxylic acids is 1. The zero-order valence-corrected chi connectivity index (χ0v) is 12.1. The van der Waals surface area contributed by atoms with E-state index in [4.69, 9.17) is 0 Å². The molecule has 3 nitrogen and oxygen atoms in total. The number of nitrogens with one attached hydrogen (secondary N) is 2. The molecule has 1 fully saturated rings. The fraction of sp³-hybridized carbons (Fsp3) is 0.562. The van der Waals surface area contributed by atoms with Gasteiger partial charge in [-0.15, -0.1) is 0 Å². The monoisotopic (exact) mass is 260 g/mol. The molecule has 2 N–H and O–H groups in total. The van der Waals surface area contributed by atoms with Crippen molar-refractivity contribution in [3.8, 4) is 0 Å². The van der Waals surface area contributed by atoms with Gasteiger partial charge < -0.3 is 10.6 Å². The van der Waals surface area contributed by atoms with Crippen LogP contribution in [0.4, 0.5) is 11.4 Å². The van der Waals surface area contributed by atoms with Crippen molar-refractivity contribution in [1.29, 1.82) is 0 Å². The van der Waals surface area contributed by atoms with Crippen LogP contribution in [-0.4, -0.2) is 11.9 Å². The Kier molecular flexibility index (Phi) is 4.46. The minimum atomic E-state index is -0.0318. The van der Waals surface area contributed by atoms with Gasteiger partial charge >= 0.3 is 0 Å². The largest absolute Gasteiger partial charge is 0.382 e. The molecule has 1 aromatic carbocycles. The minimum absolute atomic E-state index is 0.0318. The van der Waals surface area contributed by atoms with Gasteiger partial charge in [0.05, 0.1) is 0 Å². The molecule has 1 amide bonds. The Balaban J connectivity index is 1.93. The van der Waals surface area contributed by atoms with Crippen molar-refractivity contribution in [1.82, 2.24) is 0 Å².